The summed E-state index contributed by atoms with van der Waals surface area (Å²) in [4.78, 5) is 29.0. The summed E-state index contributed by atoms with van der Waals surface area (Å²) in [6.07, 6.45) is 0.341. The van der Waals surface area contributed by atoms with Crippen molar-refractivity contribution in [3.05, 3.63) is 54.1 Å². The van der Waals surface area contributed by atoms with Crippen molar-refractivity contribution < 1.29 is 22.4 Å². The van der Waals surface area contributed by atoms with E-state index < -0.39 is 27.7 Å². The van der Waals surface area contributed by atoms with Gasteiger partial charge in [-0.1, -0.05) is 12.1 Å². The van der Waals surface area contributed by atoms with Gasteiger partial charge in [-0.2, -0.15) is 0 Å². The Labute approximate surface area is 195 Å². The molecule has 0 aliphatic carbocycles. The van der Waals surface area contributed by atoms with Gasteiger partial charge in [0.15, 0.2) is 0 Å². The number of rotatable bonds is 8. The molecule has 0 aliphatic rings. The summed E-state index contributed by atoms with van der Waals surface area (Å²) in [5.41, 5.74) is 5.88. The lowest BCUT2D eigenvalue weighted by molar-refractivity contribution is -0.127. The zero-order chi connectivity index (χ0) is 24.2. The van der Waals surface area contributed by atoms with Crippen LogP contribution in [0.4, 0.5) is 4.39 Å². The first-order valence-electron chi connectivity index (χ1n) is 9.92. The van der Waals surface area contributed by atoms with Gasteiger partial charge in [-0.05, 0) is 30.3 Å². The molecule has 1 aromatic heterocycles. The number of halogens is 1. The first-order chi connectivity index (χ1) is 15.6. The maximum absolute atomic E-state index is 13.6. The zero-order valence-corrected chi connectivity index (χ0v) is 20.0. The highest BCUT2D eigenvalue weighted by atomic mass is 32.2. The van der Waals surface area contributed by atoms with Crippen molar-refractivity contribution >= 4 is 44.6 Å². The third-order valence-corrected chi connectivity index (χ3v) is 7.70. The number of hydrazine groups is 1. The summed E-state index contributed by atoms with van der Waals surface area (Å²) in [6.45, 7) is 0. The summed E-state index contributed by atoms with van der Waals surface area (Å²) in [5, 5.41) is 0. The molecule has 0 aliphatic heterocycles. The number of hydrogen-bond acceptors (Lipinski definition) is 6. The number of benzene rings is 2. The first-order valence-corrected chi connectivity index (χ1v) is 12.3. The van der Waals surface area contributed by atoms with Crippen molar-refractivity contribution in [1.29, 1.82) is 0 Å². The van der Waals surface area contributed by atoms with E-state index in [4.69, 9.17) is 0 Å². The standard InChI is InChI=1S/C21H24FN5O4S2/c1-26(2)33(30,31)14-8-9-17-16(12-14)23-19(27(17)3)10-11-20(28)24-25-21(29)13-32-18-7-5-4-6-15(18)22/h4-9,12H,10-11,13H2,1-3H3,(H,24,28)(H,25,29). The molecule has 0 saturated heterocycles. The second-order valence-electron chi connectivity index (χ2n) is 7.34. The molecular formula is C21H24FN5O4S2. The van der Waals surface area contributed by atoms with E-state index in [1.54, 1.807) is 35.9 Å². The molecule has 3 rings (SSSR count). The van der Waals surface area contributed by atoms with E-state index in [-0.39, 0.29) is 23.5 Å². The van der Waals surface area contributed by atoms with Crippen molar-refractivity contribution in [2.24, 2.45) is 7.05 Å². The minimum Gasteiger partial charge on any atom is -0.331 e. The van der Waals surface area contributed by atoms with Crippen LogP contribution in [0.15, 0.2) is 52.3 Å². The van der Waals surface area contributed by atoms with Gasteiger partial charge in [0.1, 0.15) is 11.6 Å². The van der Waals surface area contributed by atoms with Crippen LogP contribution in [-0.2, 0) is 33.1 Å². The van der Waals surface area contributed by atoms with E-state index in [0.29, 0.717) is 16.2 Å². The van der Waals surface area contributed by atoms with Crippen LogP contribution in [0.2, 0.25) is 0 Å². The van der Waals surface area contributed by atoms with E-state index in [1.165, 1.54) is 32.3 Å². The number of carbonyl (C=O) groups excluding carboxylic acids is 2. The topological polar surface area (TPSA) is 113 Å². The number of carbonyl (C=O) groups is 2. The van der Waals surface area contributed by atoms with Crippen LogP contribution in [0, 0.1) is 5.82 Å². The zero-order valence-electron chi connectivity index (χ0n) is 18.3. The maximum Gasteiger partial charge on any atom is 0.248 e. The fraction of sp³-hybridized carbons (Fsp3) is 0.286. The molecular weight excluding hydrogens is 469 g/mol. The Bertz CT molecular complexity index is 1290. The van der Waals surface area contributed by atoms with E-state index >= 15 is 0 Å². The highest BCUT2D eigenvalue weighted by Gasteiger charge is 2.19. The third-order valence-electron chi connectivity index (χ3n) is 4.84. The molecule has 33 heavy (non-hydrogen) atoms. The summed E-state index contributed by atoms with van der Waals surface area (Å²) in [7, 11) is 1.12. The predicted octanol–water partition coefficient (Wildman–Crippen LogP) is 1.83. The van der Waals surface area contributed by atoms with Gasteiger partial charge >= 0.3 is 0 Å². The van der Waals surface area contributed by atoms with Crippen LogP contribution in [0.3, 0.4) is 0 Å². The average Bonchev–Trinajstić information content (AvgIpc) is 3.10. The van der Waals surface area contributed by atoms with Crippen LogP contribution in [0.1, 0.15) is 12.2 Å². The Hall–Kier alpha value is -2.96. The minimum absolute atomic E-state index is 0.0514. The number of aryl methyl sites for hydroxylation is 2. The lowest BCUT2D eigenvalue weighted by Crippen LogP contribution is -2.42. The van der Waals surface area contributed by atoms with Gasteiger partial charge in [0.2, 0.25) is 21.8 Å². The van der Waals surface area contributed by atoms with E-state index in [1.807, 2.05) is 0 Å². The maximum atomic E-state index is 13.6. The Morgan fingerprint density at radius 1 is 1.12 bits per heavy atom. The van der Waals surface area contributed by atoms with Crippen LogP contribution in [0.5, 0.6) is 0 Å². The van der Waals surface area contributed by atoms with Gasteiger partial charge in [0.25, 0.3) is 0 Å². The molecule has 0 spiro atoms. The molecule has 0 saturated carbocycles. The number of hydrogen-bond donors (Lipinski definition) is 2. The van der Waals surface area contributed by atoms with Crippen molar-refractivity contribution in [2.45, 2.75) is 22.6 Å². The number of nitrogens with one attached hydrogen (secondary N) is 2. The molecule has 2 amide bonds. The number of aromatic nitrogens is 2. The molecule has 12 heteroatoms. The van der Waals surface area contributed by atoms with Gasteiger partial charge in [0.05, 0.1) is 21.7 Å². The van der Waals surface area contributed by atoms with Gasteiger partial charge in [-0.15, -0.1) is 11.8 Å². The van der Waals surface area contributed by atoms with Crippen LogP contribution >= 0.6 is 11.8 Å². The minimum atomic E-state index is -3.58. The molecule has 9 nitrogen and oxygen atoms in total. The second kappa shape index (κ2) is 10.3. The molecule has 0 atom stereocenters. The van der Waals surface area contributed by atoms with Crippen LogP contribution in [-0.4, -0.2) is 53.9 Å². The molecule has 3 aromatic rings. The molecule has 0 bridgehead atoms. The lowest BCUT2D eigenvalue weighted by atomic mass is 10.3. The van der Waals surface area contributed by atoms with Crippen molar-refractivity contribution in [1.82, 2.24) is 24.7 Å². The number of amides is 2. The van der Waals surface area contributed by atoms with E-state index in [0.717, 1.165) is 21.6 Å². The molecule has 0 radical (unpaired) electrons. The monoisotopic (exact) mass is 493 g/mol. The lowest BCUT2D eigenvalue weighted by Gasteiger charge is -2.10. The normalized spacial score (nSPS) is 11.7. The smallest absolute Gasteiger partial charge is 0.248 e. The molecule has 0 unspecified atom stereocenters. The average molecular weight is 494 g/mol. The van der Waals surface area contributed by atoms with Gasteiger partial charge in [-0.25, -0.2) is 22.1 Å². The molecule has 176 valence electrons. The van der Waals surface area contributed by atoms with Gasteiger partial charge in [-0.3, -0.25) is 20.4 Å². The Balaban J connectivity index is 1.54. The molecule has 0 fully saturated rings. The highest BCUT2D eigenvalue weighted by Crippen LogP contribution is 2.22. The van der Waals surface area contributed by atoms with Crippen molar-refractivity contribution in [3.63, 3.8) is 0 Å². The predicted molar refractivity (Wildman–Crippen MR) is 123 cm³/mol. The number of sulfonamides is 1. The van der Waals surface area contributed by atoms with Gasteiger partial charge < -0.3 is 4.57 Å². The first kappa shape index (κ1) is 24.7. The fourth-order valence-corrected chi connectivity index (χ4v) is 4.65. The van der Waals surface area contributed by atoms with Gasteiger partial charge in [0, 0.05) is 38.9 Å². The van der Waals surface area contributed by atoms with Crippen LogP contribution < -0.4 is 10.9 Å². The largest absolute Gasteiger partial charge is 0.331 e. The van der Waals surface area contributed by atoms with E-state index in [2.05, 4.69) is 15.8 Å². The highest BCUT2D eigenvalue weighted by molar-refractivity contribution is 8.00. The Morgan fingerprint density at radius 2 is 1.82 bits per heavy atom. The summed E-state index contributed by atoms with van der Waals surface area (Å²) in [6, 6.07) is 10.8. The number of thioether (sulfide) groups is 1. The second-order valence-corrected chi connectivity index (χ2v) is 10.5. The third kappa shape index (κ3) is 5.89. The number of fused-ring (bicyclic) bond motifs is 1. The van der Waals surface area contributed by atoms with Crippen molar-refractivity contribution in [3.8, 4) is 0 Å². The Kier molecular flexibility index (Phi) is 7.72. The molecule has 2 aromatic carbocycles. The number of nitrogens with zero attached hydrogens (tertiary/aromatic N) is 3. The molecule has 1 heterocycles. The van der Waals surface area contributed by atoms with Crippen LogP contribution in [0.25, 0.3) is 11.0 Å². The summed E-state index contributed by atoms with van der Waals surface area (Å²) >= 11 is 1.03. The molecule has 2 N–H and O–H groups in total. The number of imidazole rings is 1. The van der Waals surface area contributed by atoms with Crippen molar-refractivity contribution in [2.75, 3.05) is 19.8 Å². The Morgan fingerprint density at radius 3 is 2.52 bits per heavy atom. The fourth-order valence-electron chi connectivity index (χ4n) is 2.99. The summed E-state index contributed by atoms with van der Waals surface area (Å²) < 4.78 is 41.2. The van der Waals surface area contributed by atoms with E-state index in [9.17, 15) is 22.4 Å². The quantitative estimate of drug-likeness (QED) is 0.366. The SMILES string of the molecule is CN(C)S(=O)(=O)c1ccc2c(c1)nc(CCC(=O)NNC(=O)CSc1ccccc1F)n2C. The summed E-state index contributed by atoms with van der Waals surface area (Å²) in [5.74, 6) is -0.741.